The van der Waals surface area contributed by atoms with Gasteiger partial charge in [-0.15, -0.1) is 0 Å². The first-order chi connectivity index (χ1) is 9.13. The van der Waals surface area contributed by atoms with E-state index in [1.165, 1.54) is 25.9 Å². The number of rotatable bonds is 2. The topological polar surface area (TPSA) is 58.4 Å². The molecular formula is C14H18BrN3O. The fourth-order valence-electron chi connectivity index (χ4n) is 3.07. The fraction of sp³-hybridized carbons (Fsp3) is 0.500. The number of nitrogens with zero attached hydrogens (tertiary/aromatic N) is 1. The monoisotopic (exact) mass is 323 g/mol. The minimum atomic E-state index is -0.0158. The van der Waals surface area contributed by atoms with Gasteiger partial charge in [-0.25, -0.2) is 0 Å². The second-order valence-corrected chi connectivity index (χ2v) is 6.31. The lowest BCUT2D eigenvalue weighted by Gasteiger charge is -2.44. The van der Waals surface area contributed by atoms with Crippen LogP contribution in [0.5, 0.6) is 0 Å². The highest BCUT2D eigenvalue weighted by Gasteiger charge is 2.34. The molecule has 1 unspecified atom stereocenters. The minimum Gasteiger partial charge on any atom is -0.398 e. The SMILES string of the molecule is Nc1cc(C(=O)NC2CN3CCC2CC3)ccc1Br. The van der Waals surface area contributed by atoms with Gasteiger partial charge in [-0.2, -0.15) is 0 Å². The normalized spacial score (nSPS) is 29.2. The summed E-state index contributed by atoms with van der Waals surface area (Å²) >= 11 is 3.34. The van der Waals surface area contributed by atoms with Gasteiger partial charge in [-0.1, -0.05) is 0 Å². The van der Waals surface area contributed by atoms with Gasteiger partial charge in [0.25, 0.3) is 5.91 Å². The number of nitrogens with two attached hydrogens (primary N) is 1. The molecular weight excluding hydrogens is 306 g/mol. The molecule has 3 aliphatic heterocycles. The number of amides is 1. The molecule has 3 aliphatic rings. The van der Waals surface area contributed by atoms with Crippen LogP contribution in [0.2, 0.25) is 0 Å². The van der Waals surface area contributed by atoms with Gasteiger partial charge in [0, 0.05) is 28.3 Å². The van der Waals surface area contributed by atoms with E-state index in [2.05, 4.69) is 26.1 Å². The first-order valence-corrected chi connectivity index (χ1v) is 7.51. The van der Waals surface area contributed by atoms with E-state index in [0.29, 0.717) is 23.2 Å². The van der Waals surface area contributed by atoms with E-state index in [0.717, 1.165) is 11.0 Å². The Morgan fingerprint density at radius 1 is 1.37 bits per heavy atom. The standard InChI is InChI=1S/C14H18BrN3O/c15-11-2-1-10(7-12(11)16)14(19)17-13-8-18-5-3-9(13)4-6-18/h1-2,7,9,13H,3-6,8,16H2,(H,17,19). The molecule has 1 aromatic rings. The van der Waals surface area contributed by atoms with E-state index >= 15 is 0 Å². The Kier molecular flexibility index (Phi) is 3.50. The van der Waals surface area contributed by atoms with Crippen molar-refractivity contribution in [1.82, 2.24) is 10.2 Å². The van der Waals surface area contributed by atoms with E-state index in [4.69, 9.17) is 5.73 Å². The van der Waals surface area contributed by atoms with Crippen molar-refractivity contribution in [2.24, 2.45) is 5.92 Å². The molecule has 2 bridgehead atoms. The lowest BCUT2D eigenvalue weighted by molar-refractivity contribution is 0.0620. The van der Waals surface area contributed by atoms with Gasteiger partial charge in [0.05, 0.1) is 0 Å². The van der Waals surface area contributed by atoms with Crippen LogP contribution in [0.25, 0.3) is 0 Å². The first-order valence-electron chi connectivity index (χ1n) is 6.72. The molecule has 4 rings (SSSR count). The molecule has 0 aromatic heterocycles. The zero-order chi connectivity index (χ0) is 13.4. The molecule has 3 fully saturated rings. The van der Waals surface area contributed by atoms with Crippen LogP contribution in [0.3, 0.4) is 0 Å². The number of nitrogens with one attached hydrogen (secondary N) is 1. The molecule has 1 amide bonds. The van der Waals surface area contributed by atoms with Crippen LogP contribution in [0.1, 0.15) is 23.2 Å². The molecule has 4 nitrogen and oxygen atoms in total. The number of benzene rings is 1. The summed E-state index contributed by atoms with van der Waals surface area (Å²) < 4.78 is 0.826. The summed E-state index contributed by atoms with van der Waals surface area (Å²) in [6, 6.07) is 5.64. The highest BCUT2D eigenvalue weighted by molar-refractivity contribution is 9.10. The molecule has 0 aliphatic carbocycles. The zero-order valence-corrected chi connectivity index (χ0v) is 12.3. The van der Waals surface area contributed by atoms with Crippen LogP contribution in [-0.4, -0.2) is 36.5 Å². The van der Waals surface area contributed by atoms with Crippen molar-refractivity contribution in [1.29, 1.82) is 0 Å². The molecule has 19 heavy (non-hydrogen) atoms. The summed E-state index contributed by atoms with van der Waals surface area (Å²) in [5, 5.41) is 3.16. The molecule has 102 valence electrons. The second-order valence-electron chi connectivity index (χ2n) is 5.45. The number of halogens is 1. The number of carbonyl (C=O) groups excluding carboxylic acids is 1. The van der Waals surface area contributed by atoms with Crippen molar-refractivity contribution in [3.8, 4) is 0 Å². The molecule has 3 saturated heterocycles. The third kappa shape index (κ3) is 2.62. The lowest BCUT2D eigenvalue weighted by atomic mass is 9.84. The summed E-state index contributed by atoms with van der Waals surface area (Å²) in [4.78, 5) is 14.7. The van der Waals surface area contributed by atoms with Gasteiger partial charge in [0.1, 0.15) is 0 Å². The summed E-state index contributed by atoms with van der Waals surface area (Å²) in [6.07, 6.45) is 2.40. The quantitative estimate of drug-likeness (QED) is 0.817. The molecule has 1 aromatic carbocycles. The molecule has 3 N–H and O–H groups in total. The summed E-state index contributed by atoms with van der Waals surface area (Å²) in [6.45, 7) is 3.35. The van der Waals surface area contributed by atoms with E-state index in [-0.39, 0.29) is 5.91 Å². The van der Waals surface area contributed by atoms with Gasteiger partial charge in [0.2, 0.25) is 0 Å². The van der Waals surface area contributed by atoms with Crippen LogP contribution in [-0.2, 0) is 0 Å². The van der Waals surface area contributed by atoms with Crippen LogP contribution in [0.4, 0.5) is 5.69 Å². The Balaban J connectivity index is 1.69. The maximum absolute atomic E-state index is 12.3. The predicted molar refractivity (Wildman–Crippen MR) is 79.0 cm³/mol. The van der Waals surface area contributed by atoms with Gasteiger partial charge in [0.15, 0.2) is 0 Å². The number of hydrogen-bond donors (Lipinski definition) is 2. The number of fused-ring (bicyclic) bond motifs is 3. The molecule has 1 atom stereocenters. The van der Waals surface area contributed by atoms with Crippen molar-refractivity contribution in [2.45, 2.75) is 18.9 Å². The van der Waals surface area contributed by atoms with Crippen LogP contribution < -0.4 is 11.1 Å². The average Bonchev–Trinajstić information content (AvgIpc) is 2.43. The Morgan fingerprint density at radius 2 is 2.11 bits per heavy atom. The largest absolute Gasteiger partial charge is 0.398 e. The third-order valence-electron chi connectivity index (χ3n) is 4.23. The first kappa shape index (κ1) is 12.9. The van der Waals surface area contributed by atoms with Crippen molar-refractivity contribution in [2.75, 3.05) is 25.4 Å². The van der Waals surface area contributed by atoms with E-state index in [9.17, 15) is 4.79 Å². The molecule has 0 saturated carbocycles. The van der Waals surface area contributed by atoms with Gasteiger partial charge in [-0.05, 0) is 66.0 Å². The number of nitrogen functional groups attached to an aromatic ring is 1. The predicted octanol–water partition coefficient (Wildman–Crippen LogP) is 1.86. The van der Waals surface area contributed by atoms with Gasteiger partial charge < -0.3 is 16.0 Å². The van der Waals surface area contributed by atoms with E-state index in [1.54, 1.807) is 12.1 Å². The summed E-state index contributed by atoms with van der Waals surface area (Å²) in [5.41, 5.74) is 7.05. The van der Waals surface area contributed by atoms with Crippen LogP contribution in [0, 0.1) is 5.92 Å². The second kappa shape index (κ2) is 5.13. The van der Waals surface area contributed by atoms with Crippen molar-refractivity contribution in [3.63, 3.8) is 0 Å². The van der Waals surface area contributed by atoms with Crippen molar-refractivity contribution >= 4 is 27.5 Å². The van der Waals surface area contributed by atoms with Crippen molar-refractivity contribution < 1.29 is 4.79 Å². The Morgan fingerprint density at radius 3 is 2.68 bits per heavy atom. The molecule has 0 radical (unpaired) electrons. The molecule has 0 spiro atoms. The minimum absolute atomic E-state index is 0.0158. The average molecular weight is 324 g/mol. The molecule has 5 heteroatoms. The maximum Gasteiger partial charge on any atom is 0.251 e. The number of piperidine rings is 3. The Labute approximate surface area is 121 Å². The Bertz CT molecular complexity index is 497. The zero-order valence-electron chi connectivity index (χ0n) is 10.7. The third-order valence-corrected chi connectivity index (χ3v) is 4.95. The number of carbonyl (C=O) groups is 1. The maximum atomic E-state index is 12.3. The van der Waals surface area contributed by atoms with Crippen molar-refractivity contribution in [3.05, 3.63) is 28.2 Å². The van der Waals surface area contributed by atoms with E-state index in [1.807, 2.05) is 6.07 Å². The fourth-order valence-corrected chi connectivity index (χ4v) is 3.31. The number of anilines is 1. The van der Waals surface area contributed by atoms with Gasteiger partial charge >= 0.3 is 0 Å². The van der Waals surface area contributed by atoms with Gasteiger partial charge in [-0.3, -0.25) is 4.79 Å². The Hall–Kier alpha value is -1.07. The highest BCUT2D eigenvalue weighted by Crippen LogP contribution is 2.28. The summed E-state index contributed by atoms with van der Waals surface area (Å²) in [7, 11) is 0. The van der Waals surface area contributed by atoms with Crippen LogP contribution >= 0.6 is 15.9 Å². The highest BCUT2D eigenvalue weighted by atomic mass is 79.9. The molecule has 3 heterocycles. The lowest BCUT2D eigenvalue weighted by Crippen LogP contribution is -2.57. The number of hydrogen-bond acceptors (Lipinski definition) is 3. The summed E-state index contributed by atoms with van der Waals surface area (Å²) in [5.74, 6) is 0.625. The van der Waals surface area contributed by atoms with Crippen LogP contribution in [0.15, 0.2) is 22.7 Å². The van der Waals surface area contributed by atoms with E-state index < -0.39 is 0 Å². The smallest absolute Gasteiger partial charge is 0.251 e.